The van der Waals surface area contributed by atoms with Crippen LogP contribution in [0.3, 0.4) is 0 Å². The van der Waals surface area contributed by atoms with E-state index in [4.69, 9.17) is 25.6 Å². The van der Waals surface area contributed by atoms with Gasteiger partial charge in [0.2, 0.25) is 0 Å². The summed E-state index contributed by atoms with van der Waals surface area (Å²) < 4.78 is 11.7. The van der Waals surface area contributed by atoms with Crippen LogP contribution in [0, 0.1) is 5.41 Å². The van der Waals surface area contributed by atoms with Crippen LogP contribution in [-0.4, -0.2) is 43.1 Å². The summed E-state index contributed by atoms with van der Waals surface area (Å²) in [6, 6.07) is 21.9. The van der Waals surface area contributed by atoms with Crippen molar-refractivity contribution in [2.45, 2.75) is 19.9 Å². The molecule has 0 atom stereocenters. The third kappa shape index (κ3) is 7.68. The van der Waals surface area contributed by atoms with Gasteiger partial charge in [0.05, 0.1) is 29.8 Å². The summed E-state index contributed by atoms with van der Waals surface area (Å²) in [5.74, 6) is 0.0229. The Kier molecular flexibility index (Phi) is 10.2. The zero-order valence-corrected chi connectivity index (χ0v) is 23.3. The minimum Gasteiger partial charge on any atom is -0.466 e. The fourth-order valence-electron chi connectivity index (χ4n) is 3.80. The molecule has 204 valence electrons. The van der Waals surface area contributed by atoms with E-state index in [1.54, 1.807) is 42.5 Å². The second-order valence-electron chi connectivity index (χ2n) is 8.46. The van der Waals surface area contributed by atoms with Crippen molar-refractivity contribution >= 4 is 63.2 Å². The van der Waals surface area contributed by atoms with Crippen LogP contribution in [0.4, 0.5) is 16.2 Å². The van der Waals surface area contributed by atoms with Gasteiger partial charge in [0.25, 0.3) is 0 Å². The van der Waals surface area contributed by atoms with Gasteiger partial charge in [0, 0.05) is 36.6 Å². The number of ether oxygens (including phenoxy) is 2. The average Bonchev–Trinajstić information content (AvgIpc) is 3.31. The monoisotopic (exact) mass is 567 g/mol. The zero-order valence-electron chi connectivity index (χ0n) is 21.6. The number of nitrogen functional groups attached to an aromatic ring is 1. The molecule has 9 nitrogen and oxygen atoms in total. The van der Waals surface area contributed by atoms with E-state index in [0.717, 1.165) is 20.9 Å². The van der Waals surface area contributed by atoms with Gasteiger partial charge in [0.15, 0.2) is 0 Å². The molecule has 1 heterocycles. The molecule has 4 rings (SSSR count). The molecule has 0 radical (unpaired) electrons. The van der Waals surface area contributed by atoms with Crippen molar-refractivity contribution in [1.29, 1.82) is 5.41 Å². The molecule has 0 aliphatic carbocycles. The number of anilines is 2. The highest BCUT2D eigenvalue weighted by Gasteiger charge is 2.20. The maximum atomic E-state index is 13.1. The molecule has 39 heavy (non-hydrogen) atoms. The first-order valence-corrected chi connectivity index (χ1v) is 12.9. The normalized spacial score (nSPS) is 10.4. The number of fused-ring (bicyclic) bond motifs is 1. The second kappa shape index (κ2) is 13.6. The number of para-hydroxylation sites is 1. The van der Waals surface area contributed by atoms with Crippen LogP contribution in [0.1, 0.15) is 23.9 Å². The van der Waals surface area contributed by atoms with Crippen molar-refractivity contribution in [3.05, 3.63) is 83.4 Å². The number of amides is 1. The average molecular weight is 568 g/mol. The topological polar surface area (TPSA) is 122 Å². The molecule has 1 amide bonds. The van der Waals surface area contributed by atoms with Crippen LogP contribution in [0.15, 0.2) is 72.8 Å². The predicted molar refractivity (Wildman–Crippen MR) is 157 cm³/mol. The van der Waals surface area contributed by atoms with Crippen molar-refractivity contribution in [2.75, 3.05) is 30.0 Å². The van der Waals surface area contributed by atoms with E-state index >= 15 is 0 Å². The number of nitrogens with one attached hydrogen (secondary N) is 1. The summed E-state index contributed by atoms with van der Waals surface area (Å²) in [4.78, 5) is 33.2. The summed E-state index contributed by atoms with van der Waals surface area (Å²) in [7, 11) is 1.97. The van der Waals surface area contributed by atoms with E-state index in [0.29, 0.717) is 23.5 Å². The molecule has 0 saturated carbocycles. The lowest BCUT2D eigenvalue weighted by Crippen LogP contribution is -2.35. The van der Waals surface area contributed by atoms with Gasteiger partial charge in [-0.2, -0.15) is 0 Å². The number of nitrogens with zero attached hydrogens (tertiary/aromatic N) is 3. The molecule has 11 heteroatoms. The molecule has 0 aliphatic heterocycles. The Labute approximate surface area is 237 Å². The highest BCUT2D eigenvalue weighted by atomic mass is 35.5. The Morgan fingerprint density at radius 2 is 1.74 bits per heavy atom. The van der Waals surface area contributed by atoms with Gasteiger partial charge in [0.1, 0.15) is 16.6 Å². The lowest BCUT2D eigenvalue weighted by molar-refractivity contribution is -0.142. The Balaban J connectivity index is 0.00000420. The van der Waals surface area contributed by atoms with Gasteiger partial charge in [-0.05, 0) is 55.5 Å². The largest absolute Gasteiger partial charge is 0.466 e. The molecule has 3 N–H and O–H groups in total. The van der Waals surface area contributed by atoms with Crippen LogP contribution in [0.2, 0.25) is 0 Å². The molecule has 3 aromatic carbocycles. The SMILES string of the molecule is CCOC(=O)CCN(C(=O)Oc1ccc2sc(CN(C)c3ccc(C(=N)N)cc3)nc2c1)c1ccccc1.Cl. The number of nitrogens with two attached hydrogens (primary N) is 1. The van der Waals surface area contributed by atoms with E-state index in [1.807, 2.05) is 55.6 Å². The second-order valence-corrected chi connectivity index (χ2v) is 9.58. The number of hydrogen-bond acceptors (Lipinski definition) is 8. The van der Waals surface area contributed by atoms with Gasteiger partial charge < -0.3 is 20.1 Å². The molecule has 0 bridgehead atoms. The maximum absolute atomic E-state index is 13.1. The number of rotatable bonds is 10. The fourth-order valence-corrected chi connectivity index (χ4v) is 4.80. The Bertz CT molecular complexity index is 1430. The quantitative estimate of drug-likeness (QED) is 0.145. The van der Waals surface area contributed by atoms with E-state index in [-0.39, 0.29) is 43.8 Å². The first kappa shape index (κ1) is 29.4. The highest BCUT2D eigenvalue weighted by molar-refractivity contribution is 7.18. The summed E-state index contributed by atoms with van der Waals surface area (Å²) in [6.07, 6.45) is -0.541. The number of benzene rings is 3. The van der Waals surface area contributed by atoms with Gasteiger partial charge in [-0.25, -0.2) is 9.78 Å². The predicted octanol–water partition coefficient (Wildman–Crippen LogP) is 5.60. The molecular formula is C28H30ClN5O4S. The van der Waals surface area contributed by atoms with Crippen LogP contribution in [0.5, 0.6) is 5.75 Å². The molecular weight excluding hydrogens is 538 g/mol. The van der Waals surface area contributed by atoms with Crippen molar-refractivity contribution < 1.29 is 19.1 Å². The number of esters is 1. The van der Waals surface area contributed by atoms with Crippen LogP contribution in [0.25, 0.3) is 10.2 Å². The fraction of sp³-hybridized carbons (Fsp3) is 0.214. The molecule has 0 aliphatic rings. The van der Waals surface area contributed by atoms with Gasteiger partial charge in [-0.3, -0.25) is 15.1 Å². The summed E-state index contributed by atoms with van der Waals surface area (Å²) in [5, 5.41) is 8.44. The minimum absolute atomic E-state index is 0. The van der Waals surface area contributed by atoms with Crippen molar-refractivity contribution in [3.8, 4) is 5.75 Å². The highest BCUT2D eigenvalue weighted by Crippen LogP contribution is 2.28. The number of amidine groups is 1. The van der Waals surface area contributed by atoms with Gasteiger partial charge in [-0.15, -0.1) is 23.7 Å². The van der Waals surface area contributed by atoms with Crippen LogP contribution in [-0.2, 0) is 16.1 Å². The number of aromatic nitrogens is 1. The van der Waals surface area contributed by atoms with Crippen molar-refractivity contribution in [1.82, 2.24) is 4.98 Å². The lowest BCUT2D eigenvalue weighted by atomic mass is 10.2. The van der Waals surface area contributed by atoms with Crippen molar-refractivity contribution in [2.24, 2.45) is 5.73 Å². The Hall–Kier alpha value is -4.15. The van der Waals surface area contributed by atoms with Gasteiger partial charge >= 0.3 is 12.1 Å². The number of thiazole rings is 1. The van der Waals surface area contributed by atoms with Gasteiger partial charge in [-0.1, -0.05) is 18.2 Å². The number of carbonyl (C=O) groups is 2. The van der Waals surface area contributed by atoms with E-state index < -0.39 is 6.09 Å². The van der Waals surface area contributed by atoms with Crippen molar-refractivity contribution in [3.63, 3.8) is 0 Å². The molecule has 0 saturated heterocycles. The maximum Gasteiger partial charge on any atom is 0.419 e. The first-order valence-electron chi connectivity index (χ1n) is 12.1. The summed E-state index contributed by atoms with van der Waals surface area (Å²) >= 11 is 1.57. The summed E-state index contributed by atoms with van der Waals surface area (Å²) in [6.45, 7) is 2.74. The van der Waals surface area contributed by atoms with E-state index in [9.17, 15) is 9.59 Å². The molecule has 0 unspecified atom stereocenters. The Morgan fingerprint density at radius 3 is 2.41 bits per heavy atom. The number of hydrogen-bond donors (Lipinski definition) is 2. The van der Waals surface area contributed by atoms with Crippen LogP contribution < -0.4 is 20.3 Å². The Morgan fingerprint density at radius 1 is 1.03 bits per heavy atom. The number of halogens is 1. The van der Waals surface area contributed by atoms with E-state index in [2.05, 4.69) is 4.90 Å². The standard InChI is InChI=1S/C28H29N5O4S.ClH/c1-3-36-26(34)15-16-33(21-7-5-4-6-8-21)28(35)37-22-13-14-24-23(17-22)31-25(38-24)18-32(2)20-11-9-19(10-12-20)27(29)30;/h4-14,17H,3,15-16,18H2,1-2H3,(H3,29,30);1H. The lowest BCUT2D eigenvalue weighted by Gasteiger charge is -2.21. The smallest absolute Gasteiger partial charge is 0.419 e. The zero-order chi connectivity index (χ0) is 27.1. The molecule has 4 aromatic rings. The minimum atomic E-state index is -0.593. The molecule has 0 spiro atoms. The summed E-state index contributed by atoms with van der Waals surface area (Å²) in [5.41, 5.74) is 8.55. The third-order valence-electron chi connectivity index (χ3n) is 5.73. The number of carbonyl (C=O) groups excluding carboxylic acids is 2. The molecule has 1 aromatic heterocycles. The van der Waals surface area contributed by atoms with Crippen LogP contribution >= 0.6 is 23.7 Å². The van der Waals surface area contributed by atoms with E-state index in [1.165, 1.54) is 4.90 Å². The molecule has 0 fully saturated rings. The first-order chi connectivity index (χ1) is 18.3. The third-order valence-corrected chi connectivity index (χ3v) is 6.75.